The molecule has 55 heavy (non-hydrogen) atoms. The van der Waals surface area contributed by atoms with Crippen molar-refractivity contribution in [3.63, 3.8) is 0 Å². The number of amides is 3. The lowest BCUT2D eigenvalue weighted by atomic mass is 10.0. The van der Waals surface area contributed by atoms with Crippen LogP contribution >= 0.6 is 11.8 Å². The van der Waals surface area contributed by atoms with Crippen molar-refractivity contribution in [1.82, 2.24) is 16.0 Å². The molecule has 0 aromatic carbocycles. The SMILES string of the molecule is CCCCCCCCCCCCCCCC(=O)N[C@@H](CSC[C@@H](COC(=O)NCCCCCCCCCC)OC(=O)NCCCCCCCCCC)C(=O)O. The van der Waals surface area contributed by atoms with Gasteiger partial charge < -0.3 is 30.5 Å². The summed E-state index contributed by atoms with van der Waals surface area (Å²) in [4.78, 5) is 49.6. The molecule has 0 spiro atoms. The molecule has 324 valence electrons. The average Bonchev–Trinajstić information content (AvgIpc) is 3.16. The molecule has 11 heteroatoms. The minimum Gasteiger partial charge on any atom is -0.480 e. The third-order valence-corrected chi connectivity index (χ3v) is 11.2. The summed E-state index contributed by atoms with van der Waals surface area (Å²) < 4.78 is 11.0. The third kappa shape index (κ3) is 38.5. The van der Waals surface area contributed by atoms with Gasteiger partial charge in [0.1, 0.15) is 18.8 Å². The van der Waals surface area contributed by atoms with Crippen molar-refractivity contribution in [2.45, 2.75) is 226 Å². The zero-order valence-corrected chi connectivity index (χ0v) is 36.5. The lowest BCUT2D eigenvalue weighted by Gasteiger charge is -2.20. The van der Waals surface area contributed by atoms with E-state index in [1.807, 2.05) is 0 Å². The van der Waals surface area contributed by atoms with Gasteiger partial charge in [-0.25, -0.2) is 14.4 Å². The summed E-state index contributed by atoms with van der Waals surface area (Å²) in [6.07, 6.45) is 32.9. The van der Waals surface area contributed by atoms with Gasteiger partial charge in [-0.3, -0.25) is 4.79 Å². The number of ether oxygens (including phenoxy) is 2. The number of rotatable bonds is 41. The number of thioether (sulfide) groups is 1. The van der Waals surface area contributed by atoms with Crippen molar-refractivity contribution in [3.8, 4) is 0 Å². The Morgan fingerprint density at radius 3 is 1.31 bits per heavy atom. The summed E-state index contributed by atoms with van der Waals surface area (Å²) in [5, 5.41) is 18.0. The lowest BCUT2D eigenvalue weighted by Crippen LogP contribution is -2.43. The predicted molar refractivity (Wildman–Crippen MR) is 230 cm³/mol. The highest BCUT2D eigenvalue weighted by molar-refractivity contribution is 7.99. The van der Waals surface area contributed by atoms with Crippen LogP contribution in [0.2, 0.25) is 0 Å². The largest absolute Gasteiger partial charge is 0.480 e. The molecule has 0 saturated heterocycles. The van der Waals surface area contributed by atoms with E-state index in [9.17, 15) is 24.3 Å². The number of unbranched alkanes of at least 4 members (excludes halogenated alkanes) is 26. The Labute approximate surface area is 341 Å². The van der Waals surface area contributed by atoms with Crippen LogP contribution in [0.3, 0.4) is 0 Å². The van der Waals surface area contributed by atoms with Gasteiger partial charge in [0.15, 0.2) is 0 Å². The highest BCUT2D eigenvalue weighted by Gasteiger charge is 2.23. The maximum absolute atomic E-state index is 12.6. The van der Waals surface area contributed by atoms with Gasteiger partial charge in [0.25, 0.3) is 0 Å². The Morgan fingerprint density at radius 2 is 0.891 bits per heavy atom. The molecule has 3 amide bonds. The highest BCUT2D eigenvalue weighted by Crippen LogP contribution is 2.15. The zero-order chi connectivity index (χ0) is 40.5. The first-order valence-corrected chi connectivity index (χ1v) is 23.9. The van der Waals surface area contributed by atoms with Gasteiger partial charge in [0, 0.05) is 31.0 Å². The number of alkyl carbamates (subject to hydrolysis) is 2. The molecule has 0 aliphatic heterocycles. The second-order valence-electron chi connectivity index (χ2n) is 15.4. The van der Waals surface area contributed by atoms with Crippen molar-refractivity contribution in [3.05, 3.63) is 0 Å². The predicted octanol–water partition coefficient (Wildman–Crippen LogP) is 11.9. The van der Waals surface area contributed by atoms with Crippen molar-refractivity contribution in [2.75, 3.05) is 31.2 Å². The number of aliphatic carboxylic acids is 1. The maximum Gasteiger partial charge on any atom is 0.407 e. The summed E-state index contributed by atoms with van der Waals surface area (Å²) in [5.41, 5.74) is 0. The van der Waals surface area contributed by atoms with Gasteiger partial charge >= 0.3 is 18.2 Å². The number of carboxylic acid groups (broad SMARTS) is 1. The highest BCUT2D eigenvalue weighted by atomic mass is 32.2. The maximum atomic E-state index is 12.6. The van der Waals surface area contributed by atoms with Crippen molar-refractivity contribution < 1.29 is 33.8 Å². The third-order valence-electron chi connectivity index (χ3n) is 10.0. The van der Waals surface area contributed by atoms with Gasteiger partial charge in [-0.1, -0.05) is 188 Å². The van der Waals surface area contributed by atoms with Gasteiger partial charge in [-0.05, 0) is 19.3 Å². The van der Waals surface area contributed by atoms with Gasteiger partial charge in [-0.15, -0.1) is 0 Å². The molecule has 0 saturated carbocycles. The molecule has 0 radical (unpaired) electrons. The van der Waals surface area contributed by atoms with Crippen LogP contribution < -0.4 is 16.0 Å². The first kappa shape index (κ1) is 52.8. The number of hydrogen-bond donors (Lipinski definition) is 4. The fourth-order valence-corrected chi connectivity index (χ4v) is 7.51. The topological polar surface area (TPSA) is 143 Å². The van der Waals surface area contributed by atoms with Crippen molar-refractivity contribution in [1.29, 1.82) is 0 Å². The summed E-state index contributed by atoms with van der Waals surface area (Å²) >= 11 is 1.25. The number of carbonyl (C=O) groups excluding carboxylic acids is 3. The van der Waals surface area contributed by atoms with Gasteiger partial charge in [0.2, 0.25) is 5.91 Å². The Kier molecular flexibility index (Phi) is 39.8. The van der Waals surface area contributed by atoms with E-state index < -0.39 is 30.3 Å². The van der Waals surface area contributed by atoms with E-state index in [4.69, 9.17) is 9.47 Å². The summed E-state index contributed by atoms with van der Waals surface area (Å²) in [6.45, 7) is 7.54. The van der Waals surface area contributed by atoms with E-state index in [0.717, 1.165) is 57.8 Å². The van der Waals surface area contributed by atoms with E-state index in [1.165, 1.54) is 140 Å². The lowest BCUT2D eigenvalue weighted by molar-refractivity contribution is -0.141. The molecule has 0 aliphatic rings. The minimum absolute atomic E-state index is 0.101. The molecule has 10 nitrogen and oxygen atoms in total. The fraction of sp³-hybridized carbons (Fsp3) is 0.909. The second kappa shape index (κ2) is 41.5. The van der Waals surface area contributed by atoms with Crippen LogP contribution in [0.15, 0.2) is 0 Å². The quantitative estimate of drug-likeness (QED) is 0.0448. The molecule has 0 fully saturated rings. The molecule has 0 rings (SSSR count). The Morgan fingerprint density at radius 1 is 0.509 bits per heavy atom. The summed E-state index contributed by atoms with van der Waals surface area (Å²) in [6, 6.07) is -1.06. The molecule has 0 aliphatic carbocycles. The number of carbonyl (C=O) groups is 4. The normalized spacial score (nSPS) is 12.2. The van der Waals surface area contributed by atoms with Crippen LogP contribution in [0.1, 0.15) is 213 Å². The Balaban J connectivity index is 4.57. The molecular formula is C44H85N3O7S. The monoisotopic (exact) mass is 800 g/mol. The molecule has 0 aromatic rings. The standard InChI is InChI=1S/C44H85N3O7S/c1-4-7-10-13-16-19-20-21-22-23-24-27-30-33-41(48)47-40(42(49)50)38-55-37-39(54-44(52)46-35-32-29-26-18-15-12-9-6-3)36-53-43(51)45-34-31-28-25-17-14-11-8-5-2/h39-40H,4-38H2,1-3H3,(H,45,51)(H,46,52)(H,47,48)(H,49,50)/t39-,40+/m1/s1. The first-order chi connectivity index (χ1) is 26.8. The van der Waals surface area contributed by atoms with E-state index in [1.54, 1.807) is 0 Å². The van der Waals surface area contributed by atoms with E-state index in [2.05, 4.69) is 36.7 Å². The van der Waals surface area contributed by atoms with Crippen LogP contribution in [0, 0.1) is 0 Å². The molecular weight excluding hydrogens is 715 g/mol. The Hall–Kier alpha value is -2.17. The van der Waals surface area contributed by atoms with Crippen LogP contribution in [0.5, 0.6) is 0 Å². The van der Waals surface area contributed by atoms with Crippen molar-refractivity contribution in [2.24, 2.45) is 0 Å². The second-order valence-corrected chi connectivity index (χ2v) is 16.5. The number of carboxylic acids is 1. The van der Waals surface area contributed by atoms with Crippen molar-refractivity contribution >= 4 is 35.8 Å². The number of nitrogens with one attached hydrogen (secondary N) is 3. The molecule has 0 heterocycles. The zero-order valence-electron chi connectivity index (χ0n) is 35.7. The summed E-state index contributed by atoms with van der Waals surface area (Å²) in [7, 11) is 0. The molecule has 0 aromatic heterocycles. The molecule has 4 N–H and O–H groups in total. The van der Waals surface area contributed by atoms with E-state index in [-0.39, 0.29) is 24.0 Å². The van der Waals surface area contributed by atoms with E-state index in [0.29, 0.717) is 19.5 Å². The average molecular weight is 800 g/mol. The number of hydrogen-bond acceptors (Lipinski definition) is 7. The molecule has 2 atom stereocenters. The van der Waals surface area contributed by atoms with Crippen LogP contribution in [0.4, 0.5) is 9.59 Å². The van der Waals surface area contributed by atoms with Gasteiger partial charge in [0.05, 0.1) is 0 Å². The summed E-state index contributed by atoms with van der Waals surface area (Å²) in [5.74, 6) is -1.05. The smallest absolute Gasteiger partial charge is 0.407 e. The van der Waals surface area contributed by atoms with Crippen LogP contribution in [-0.2, 0) is 19.1 Å². The first-order valence-electron chi connectivity index (χ1n) is 22.8. The minimum atomic E-state index is -1.11. The van der Waals surface area contributed by atoms with E-state index >= 15 is 0 Å². The van der Waals surface area contributed by atoms with Gasteiger partial charge in [-0.2, -0.15) is 11.8 Å². The molecule has 0 bridgehead atoms. The van der Waals surface area contributed by atoms with Crippen LogP contribution in [0.25, 0.3) is 0 Å². The van der Waals surface area contributed by atoms with Crippen LogP contribution in [-0.4, -0.2) is 72.5 Å². The Bertz CT molecular complexity index is 911. The fourth-order valence-electron chi connectivity index (χ4n) is 6.49. The molecule has 0 unspecified atom stereocenters.